The number of hydrogen-bond donors (Lipinski definition) is 4. The number of carbonyl (C=O) groups is 1. The normalized spacial score (nSPS) is 16.4. The summed E-state index contributed by atoms with van der Waals surface area (Å²) in [5, 5.41) is 10.2. The third-order valence-corrected chi connectivity index (χ3v) is 5.67. The molecule has 0 unspecified atom stereocenters. The van der Waals surface area contributed by atoms with Crippen LogP contribution >= 0.6 is 11.6 Å². The van der Waals surface area contributed by atoms with Crippen molar-refractivity contribution < 1.29 is 4.79 Å². The van der Waals surface area contributed by atoms with Gasteiger partial charge in [-0.25, -0.2) is 14.6 Å². The van der Waals surface area contributed by atoms with Crippen LogP contribution in [0.15, 0.2) is 29.6 Å². The fourth-order valence-electron chi connectivity index (χ4n) is 3.73. The number of hydrogen-bond acceptors (Lipinski definition) is 8. The number of halogens is 1. The van der Waals surface area contributed by atoms with Crippen molar-refractivity contribution in [3.8, 4) is 11.1 Å². The van der Waals surface area contributed by atoms with Crippen LogP contribution in [0.4, 0.5) is 17.3 Å². The summed E-state index contributed by atoms with van der Waals surface area (Å²) in [6, 6.07) is 1.40. The molecule has 11 nitrogen and oxygen atoms in total. The number of nitrogens with zero attached hydrogens (tertiary/aromatic N) is 5. The first kappa shape index (κ1) is 18.4. The van der Waals surface area contributed by atoms with E-state index in [0.29, 0.717) is 16.9 Å². The third kappa shape index (κ3) is 2.77. The lowest BCUT2D eigenvalue weighted by Crippen LogP contribution is -2.67. The fourth-order valence-corrected chi connectivity index (χ4v) is 4.01. The zero-order valence-corrected chi connectivity index (χ0v) is 16.7. The molecule has 12 heteroatoms. The molecule has 5 rings (SSSR count). The smallest absolute Gasteiger partial charge is 0.293 e. The highest BCUT2D eigenvalue weighted by Crippen LogP contribution is 2.35. The number of aromatic nitrogens is 5. The monoisotopic (exact) mass is 427 g/mol. The molecule has 2 aliphatic rings. The Kier molecular flexibility index (Phi) is 3.97. The minimum atomic E-state index is -0.615. The van der Waals surface area contributed by atoms with E-state index in [9.17, 15) is 9.59 Å². The number of pyridine rings is 1. The fraction of sp³-hybridized carbons (Fsp3) is 0.278. The summed E-state index contributed by atoms with van der Waals surface area (Å²) in [4.78, 5) is 34.0. The molecule has 0 atom stereocenters. The first-order chi connectivity index (χ1) is 14.4. The van der Waals surface area contributed by atoms with Crippen LogP contribution in [-0.4, -0.2) is 36.0 Å². The number of anilines is 3. The van der Waals surface area contributed by atoms with Crippen LogP contribution in [0.3, 0.4) is 0 Å². The van der Waals surface area contributed by atoms with Gasteiger partial charge in [-0.05, 0) is 25.3 Å². The van der Waals surface area contributed by atoms with Crippen molar-refractivity contribution in [2.24, 2.45) is 7.05 Å². The third-order valence-electron chi connectivity index (χ3n) is 5.38. The standard InChI is InChI=1S/C18H18ClN9O2/c1-27-7-9(6-23-27)12-14(20)21-8-22-15(12)24-11-5-10(19)13-16(29)25-18(3-2-4-18)26-28(13)17(11)30/h5-8,26H,2-4H2,1H3,(H,25,29)(H3,20,21,22,24). The maximum absolute atomic E-state index is 13.2. The van der Waals surface area contributed by atoms with Gasteiger partial charge in [-0.3, -0.25) is 19.7 Å². The van der Waals surface area contributed by atoms with Crippen molar-refractivity contribution in [3.05, 3.63) is 45.9 Å². The zero-order valence-electron chi connectivity index (χ0n) is 15.9. The van der Waals surface area contributed by atoms with Gasteiger partial charge < -0.3 is 16.4 Å². The topological polar surface area (TPSA) is 145 Å². The van der Waals surface area contributed by atoms with Crippen LogP contribution in [0.25, 0.3) is 11.1 Å². The molecule has 154 valence electrons. The highest BCUT2D eigenvalue weighted by Gasteiger charge is 2.44. The number of fused-ring (bicyclic) bond motifs is 1. The molecule has 5 N–H and O–H groups in total. The molecule has 1 amide bonds. The predicted octanol–water partition coefficient (Wildman–Crippen LogP) is 1.19. The van der Waals surface area contributed by atoms with Gasteiger partial charge in [-0.2, -0.15) is 5.10 Å². The van der Waals surface area contributed by atoms with Crippen LogP contribution in [-0.2, 0) is 7.05 Å². The minimum Gasteiger partial charge on any atom is -0.383 e. The molecule has 0 aromatic carbocycles. The molecule has 30 heavy (non-hydrogen) atoms. The SMILES string of the molecule is Cn1cc(-c2c(N)ncnc2Nc2cc(Cl)c3n(c2=O)NC2(CCC2)NC3=O)cn1. The highest BCUT2D eigenvalue weighted by atomic mass is 35.5. The average Bonchev–Trinajstić information content (AvgIpc) is 3.10. The van der Waals surface area contributed by atoms with Crippen LogP contribution in [0.2, 0.25) is 5.02 Å². The number of nitrogen functional groups attached to an aromatic ring is 1. The summed E-state index contributed by atoms with van der Waals surface area (Å²) >= 11 is 6.35. The van der Waals surface area contributed by atoms with Crippen LogP contribution in [0.5, 0.6) is 0 Å². The number of nitrogens with two attached hydrogens (primary N) is 1. The van der Waals surface area contributed by atoms with Crippen LogP contribution in [0.1, 0.15) is 29.8 Å². The lowest BCUT2D eigenvalue weighted by atomic mass is 9.84. The molecular weight excluding hydrogens is 410 g/mol. The van der Waals surface area contributed by atoms with Crippen LogP contribution < -0.4 is 27.4 Å². The van der Waals surface area contributed by atoms with Gasteiger partial charge in [0.15, 0.2) is 0 Å². The van der Waals surface area contributed by atoms with Crippen molar-refractivity contribution in [2.75, 3.05) is 16.5 Å². The molecule has 3 aromatic rings. The van der Waals surface area contributed by atoms with E-state index in [1.54, 1.807) is 24.1 Å². The number of carbonyl (C=O) groups excluding carboxylic acids is 1. The van der Waals surface area contributed by atoms with Crippen LogP contribution in [0, 0.1) is 0 Å². The Bertz CT molecular complexity index is 1240. The first-order valence-electron chi connectivity index (χ1n) is 9.30. The second-order valence-electron chi connectivity index (χ2n) is 7.41. The molecule has 1 spiro atoms. The van der Waals surface area contributed by atoms with Gasteiger partial charge >= 0.3 is 0 Å². The molecule has 1 saturated carbocycles. The lowest BCUT2D eigenvalue weighted by molar-refractivity contribution is 0.0790. The second kappa shape index (κ2) is 6.46. The summed E-state index contributed by atoms with van der Waals surface area (Å²) < 4.78 is 2.83. The maximum Gasteiger partial charge on any atom is 0.293 e. The van der Waals surface area contributed by atoms with Crippen molar-refractivity contribution >= 4 is 34.8 Å². The Morgan fingerprint density at radius 3 is 2.77 bits per heavy atom. The van der Waals surface area contributed by atoms with Crippen molar-refractivity contribution in [1.82, 2.24) is 29.7 Å². The Balaban J connectivity index is 1.60. The Hall–Kier alpha value is -3.60. The lowest BCUT2D eigenvalue weighted by Gasteiger charge is -2.47. The van der Waals surface area contributed by atoms with E-state index in [-0.39, 0.29) is 28.1 Å². The number of amides is 1. The summed E-state index contributed by atoms with van der Waals surface area (Å²) in [6.45, 7) is 0. The van der Waals surface area contributed by atoms with Gasteiger partial charge in [0.2, 0.25) is 0 Å². The first-order valence-corrected chi connectivity index (χ1v) is 9.67. The molecule has 1 fully saturated rings. The molecule has 0 bridgehead atoms. The number of nitrogens with one attached hydrogen (secondary N) is 3. The molecule has 1 aliphatic heterocycles. The minimum absolute atomic E-state index is 0.0689. The van der Waals surface area contributed by atoms with Gasteiger partial charge in [0.1, 0.15) is 35.0 Å². The summed E-state index contributed by atoms with van der Waals surface area (Å²) in [6.07, 6.45) is 7.10. The zero-order chi connectivity index (χ0) is 21.0. The van der Waals surface area contributed by atoms with E-state index in [1.165, 1.54) is 17.1 Å². The molecule has 0 radical (unpaired) electrons. The molecular formula is C18H18ClN9O2. The summed E-state index contributed by atoms with van der Waals surface area (Å²) in [5.74, 6) is 0.169. The Labute approximate surface area is 175 Å². The van der Waals surface area contributed by atoms with Crippen molar-refractivity contribution in [1.29, 1.82) is 0 Å². The van der Waals surface area contributed by atoms with Gasteiger partial charge in [0.05, 0.1) is 16.8 Å². The molecule has 3 aromatic heterocycles. The van der Waals surface area contributed by atoms with E-state index in [2.05, 4.69) is 31.1 Å². The van der Waals surface area contributed by atoms with E-state index < -0.39 is 11.2 Å². The van der Waals surface area contributed by atoms with Gasteiger partial charge in [0.25, 0.3) is 11.5 Å². The van der Waals surface area contributed by atoms with Gasteiger partial charge in [0, 0.05) is 18.8 Å². The molecule has 1 aliphatic carbocycles. The number of aryl methyl sites for hydroxylation is 1. The number of rotatable bonds is 3. The molecule has 0 saturated heterocycles. The van der Waals surface area contributed by atoms with Crippen molar-refractivity contribution in [2.45, 2.75) is 24.9 Å². The Morgan fingerprint density at radius 2 is 2.10 bits per heavy atom. The van der Waals surface area contributed by atoms with Gasteiger partial charge in [-0.1, -0.05) is 11.6 Å². The van der Waals surface area contributed by atoms with Gasteiger partial charge in [-0.15, -0.1) is 0 Å². The van der Waals surface area contributed by atoms with E-state index in [4.69, 9.17) is 17.3 Å². The van der Waals surface area contributed by atoms with Crippen molar-refractivity contribution in [3.63, 3.8) is 0 Å². The van der Waals surface area contributed by atoms with E-state index in [1.807, 2.05) is 0 Å². The predicted molar refractivity (Wildman–Crippen MR) is 111 cm³/mol. The van der Waals surface area contributed by atoms with E-state index >= 15 is 0 Å². The highest BCUT2D eigenvalue weighted by molar-refractivity contribution is 6.34. The summed E-state index contributed by atoms with van der Waals surface area (Å²) in [7, 11) is 1.78. The molecule has 4 heterocycles. The largest absolute Gasteiger partial charge is 0.383 e. The van der Waals surface area contributed by atoms with E-state index in [0.717, 1.165) is 19.3 Å². The Morgan fingerprint density at radius 1 is 1.30 bits per heavy atom. The summed E-state index contributed by atoms with van der Waals surface area (Å²) in [5.41, 5.74) is 9.52. The quantitative estimate of drug-likeness (QED) is 0.487. The second-order valence-corrected chi connectivity index (χ2v) is 7.81. The maximum atomic E-state index is 13.2. The average molecular weight is 428 g/mol.